The number of nitrogens with zero attached hydrogens (tertiary/aromatic N) is 4. The number of aliphatic hydroxyl groups is 3. The first-order chi connectivity index (χ1) is 11.8. The number of hydrogen-bond acceptors (Lipinski definition) is 8. The molecule has 1 aliphatic heterocycles. The number of primary amides is 1. The summed E-state index contributed by atoms with van der Waals surface area (Å²) in [6, 6.07) is 0. The Morgan fingerprint density at radius 3 is 2.56 bits per heavy atom. The third-order valence-electron chi connectivity index (χ3n) is 4.25. The Hall–Kier alpha value is -2.27. The van der Waals surface area contributed by atoms with Gasteiger partial charge in [-0.1, -0.05) is 0 Å². The maximum absolute atomic E-state index is 11.9. The number of nitrogens with two attached hydrogens (primary N) is 1. The molecule has 1 aliphatic rings. The molecule has 5 N–H and O–H groups in total. The van der Waals surface area contributed by atoms with E-state index in [9.17, 15) is 20.1 Å². The van der Waals surface area contributed by atoms with E-state index in [1.54, 1.807) is 25.9 Å². The van der Waals surface area contributed by atoms with Crippen LogP contribution >= 0.6 is 0 Å². The second-order valence-electron chi connectivity index (χ2n) is 6.23. The fourth-order valence-corrected chi connectivity index (χ4v) is 3.05. The average Bonchev–Trinajstić information content (AvgIpc) is 3.05. The standard InChI is InChI=1S/C15H21N5O5/c1-6-17-13(19(2)3)9-7(12(16)24)4-20(14(9)18-6)15-11(23)10(22)8(5-21)25-15/h4,8,10-11,15,21-23H,5H2,1-3H3,(H2,16,24)/t8?,10-,11-,15-/m1/s1. The number of aliphatic hydroxyl groups excluding tert-OH is 3. The van der Waals surface area contributed by atoms with Crippen LogP contribution in [-0.4, -0.2) is 74.8 Å². The van der Waals surface area contributed by atoms with E-state index in [4.69, 9.17) is 10.5 Å². The Morgan fingerprint density at radius 1 is 1.36 bits per heavy atom. The largest absolute Gasteiger partial charge is 0.394 e. The molecule has 2 aromatic rings. The van der Waals surface area contributed by atoms with Crippen LogP contribution in [0.2, 0.25) is 0 Å². The smallest absolute Gasteiger partial charge is 0.251 e. The van der Waals surface area contributed by atoms with Crippen molar-refractivity contribution in [3.8, 4) is 0 Å². The summed E-state index contributed by atoms with van der Waals surface area (Å²) in [6.45, 7) is 1.25. The molecule has 1 saturated heterocycles. The van der Waals surface area contributed by atoms with Crippen LogP contribution in [0.4, 0.5) is 5.82 Å². The van der Waals surface area contributed by atoms with Gasteiger partial charge in [-0.2, -0.15) is 0 Å². The van der Waals surface area contributed by atoms with Crippen molar-refractivity contribution >= 4 is 22.8 Å². The number of aromatic nitrogens is 3. The summed E-state index contributed by atoms with van der Waals surface area (Å²) in [6.07, 6.45) is -3.10. The summed E-state index contributed by atoms with van der Waals surface area (Å²) >= 11 is 0. The molecule has 0 bridgehead atoms. The molecule has 0 aliphatic carbocycles. The lowest BCUT2D eigenvalue weighted by atomic mass is 10.1. The van der Waals surface area contributed by atoms with Gasteiger partial charge >= 0.3 is 0 Å². The van der Waals surface area contributed by atoms with Crippen LogP contribution in [0, 0.1) is 6.92 Å². The van der Waals surface area contributed by atoms with Crippen molar-refractivity contribution in [1.82, 2.24) is 14.5 Å². The van der Waals surface area contributed by atoms with Crippen molar-refractivity contribution < 1.29 is 24.9 Å². The molecule has 4 atom stereocenters. The predicted molar refractivity (Wildman–Crippen MR) is 88.1 cm³/mol. The van der Waals surface area contributed by atoms with Crippen LogP contribution in [0.3, 0.4) is 0 Å². The zero-order valence-electron chi connectivity index (χ0n) is 14.1. The van der Waals surface area contributed by atoms with Crippen molar-refractivity contribution in [3.05, 3.63) is 17.6 Å². The van der Waals surface area contributed by atoms with Gasteiger partial charge < -0.3 is 35.3 Å². The predicted octanol–water partition coefficient (Wildman–Crippen LogP) is -1.48. The normalized spacial score (nSPS) is 26.3. The van der Waals surface area contributed by atoms with Crippen molar-refractivity contribution in [3.63, 3.8) is 0 Å². The van der Waals surface area contributed by atoms with E-state index in [1.807, 2.05) is 0 Å². The Labute approximate surface area is 143 Å². The SMILES string of the molecule is Cc1nc(N(C)C)c2c(C(N)=O)cn([C@@H]3OC(CO)[C@@H](O)[C@H]3O)c2n1. The molecule has 1 amide bonds. The minimum absolute atomic E-state index is 0.177. The van der Waals surface area contributed by atoms with Crippen LogP contribution < -0.4 is 10.6 Å². The van der Waals surface area contributed by atoms with Gasteiger partial charge in [0.05, 0.1) is 17.6 Å². The number of ether oxygens (including phenoxy) is 1. The topological polar surface area (TPSA) is 147 Å². The number of rotatable bonds is 4. The van der Waals surface area contributed by atoms with E-state index in [0.29, 0.717) is 22.7 Å². The van der Waals surface area contributed by atoms with E-state index < -0.39 is 37.1 Å². The Morgan fingerprint density at radius 2 is 2.04 bits per heavy atom. The highest BCUT2D eigenvalue weighted by Gasteiger charge is 2.44. The first-order valence-electron chi connectivity index (χ1n) is 7.75. The van der Waals surface area contributed by atoms with E-state index in [2.05, 4.69) is 9.97 Å². The van der Waals surface area contributed by atoms with Crippen LogP contribution in [0.5, 0.6) is 0 Å². The Balaban J connectivity index is 2.25. The maximum Gasteiger partial charge on any atom is 0.251 e. The van der Waals surface area contributed by atoms with Gasteiger partial charge in [-0.3, -0.25) is 4.79 Å². The number of carbonyl (C=O) groups is 1. The van der Waals surface area contributed by atoms with Gasteiger partial charge in [-0.05, 0) is 6.92 Å². The molecule has 25 heavy (non-hydrogen) atoms. The van der Waals surface area contributed by atoms with Gasteiger partial charge in [0.1, 0.15) is 35.6 Å². The number of aryl methyl sites for hydroxylation is 1. The molecule has 0 radical (unpaired) electrons. The molecule has 10 heteroatoms. The highest BCUT2D eigenvalue weighted by molar-refractivity contribution is 6.09. The van der Waals surface area contributed by atoms with Crippen molar-refractivity contribution in [1.29, 1.82) is 0 Å². The van der Waals surface area contributed by atoms with Crippen LogP contribution in [0.25, 0.3) is 11.0 Å². The molecule has 3 heterocycles. The third-order valence-corrected chi connectivity index (χ3v) is 4.25. The van der Waals surface area contributed by atoms with Gasteiger partial charge in [0.25, 0.3) is 5.91 Å². The fourth-order valence-electron chi connectivity index (χ4n) is 3.05. The molecular weight excluding hydrogens is 330 g/mol. The highest BCUT2D eigenvalue weighted by Crippen LogP contribution is 2.35. The molecular formula is C15H21N5O5. The van der Waals surface area contributed by atoms with E-state index in [-0.39, 0.29) is 5.56 Å². The summed E-state index contributed by atoms with van der Waals surface area (Å²) in [5.41, 5.74) is 6.02. The maximum atomic E-state index is 11.9. The van der Waals surface area contributed by atoms with Gasteiger partial charge in [-0.25, -0.2) is 9.97 Å². The van der Waals surface area contributed by atoms with Crippen molar-refractivity contribution in [2.24, 2.45) is 5.73 Å². The summed E-state index contributed by atoms with van der Waals surface area (Å²) in [5, 5.41) is 30.0. The number of amides is 1. The minimum atomic E-state index is -1.30. The number of hydrogen-bond donors (Lipinski definition) is 4. The first kappa shape index (κ1) is 17.5. The Bertz CT molecular complexity index is 820. The molecule has 2 aromatic heterocycles. The monoisotopic (exact) mass is 351 g/mol. The zero-order valence-corrected chi connectivity index (χ0v) is 14.1. The van der Waals surface area contributed by atoms with Gasteiger partial charge in [0.2, 0.25) is 0 Å². The van der Waals surface area contributed by atoms with Crippen LogP contribution in [0.15, 0.2) is 6.20 Å². The number of carbonyl (C=O) groups excluding carboxylic acids is 1. The molecule has 0 spiro atoms. The lowest BCUT2D eigenvalue weighted by Gasteiger charge is -2.18. The molecule has 3 rings (SSSR count). The lowest BCUT2D eigenvalue weighted by molar-refractivity contribution is -0.0509. The van der Waals surface area contributed by atoms with Crippen LogP contribution in [-0.2, 0) is 4.74 Å². The first-order valence-corrected chi connectivity index (χ1v) is 7.75. The minimum Gasteiger partial charge on any atom is -0.394 e. The molecule has 136 valence electrons. The lowest BCUT2D eigenvalue weighted by Crippen LogP contribution is -2.33. The fraction of sp³-hybridized carbons (Fsp3) is 0.533. The third kappa shape index (κ3) is 2.72. The van der Waals surface area contributed by atoms with Crippen molar-refractivity contribution in [2.75, 3.05) is 25.6 Å². The summed E-state index contributed by atoms with van der Waals surface area (Å²) in [7, 11) is 3.55. The summed E-state index contributed by atoms with van der Waals surface area (Å²) in [4.78, 5) is 22.3. The van der Waals surface area contributed by atoms with E-state index in [0.717, 1.165) is 0 Å². The molecule has 0 aromatic carbocycles. The highest BCUT2D eigenvalue weighted by atomic mass is 16.6. The van der Waals surface area contributed by atoms with Gasteiger partial charge in [0, 0.05) is 20.3 Å². The molecule has 0 saturated carbocycles. The second-order valence-corrected chi connectivity index (χ2v) is 6.23. The summed E-state index contributed by atoms with van der Waals surface area (Å²) < 4.78 is 6.99. The van der Waals surface area contributed by atoms with Gasteiger partial charge in [-0.15, -0.1) is 0 Å². The molecule has 1 fully saturated rings. The summed E-state index contributed by atoms with van der Waals surface area (Å²) in [5.74, 6) is 0.283. The number of anilines is 1. The molecule has 10 nitrogen and oxygen atoms in total. The Kier molecular flexibility index (Phi) is 4.37. The number of fused-ring (bicyclic) bond motifs is 1. The van der Waals surface area contributed by atoms with Crippen molar-refractivity contribution in [2.45, 2.75) is 31.5 Å². The van der Waals surface area contributed by atoms with E-state index >= 15 is 0 Å². The quantitative estimate of drug-likeness (QED) is 0.521. The van der Waals surface area contributed by atoms with Crippen LogP contribution in [0.1, 0.15) is 22.4 Å². The van der Waals surface area contributed by atoms with Gasteiger partial charge in [0.15, 0.2) is 6.23 Å². The second kappa shape index (κ2) is 6.23. The zero-order chi connectivity index (χ0) is 18.5. The average molecular weight is 351 g/mol. The van der Waals surface area contributed by atoms with E-state index in [1.165, 1.54) is 10.8 Å². The molecule has 1 unspecified atom stereocenters.